The lowest BCUT2D eigenvalue weighted by Gasteiger charge is -2.10. The van der Waals surface area contributed by atoms with Gasteiger partial charge in [0, 0.05) is 11.8 Å². The number of hydrogen-bond donors (Lipinski definition) is 2. The molecular formula is C6H6ClN3. The molecule has 0 radical (unpaired) electrons. The number of fused-ring (bicyclic) bond motifs is 1. The van der Waals surface area contributed by atoms with E-state index in [4.69, 9.17) is 11.6 Å². The highest BCUT2D eigenvalue weighted by Gasteiger charge is 2.14. The third-order valence-corrected chi connectivity index (χ3v) is 1.80. The van der Waals surface area contributed by atoms with Crippen molar-refractivity contribution in [3.8, 4) is 0 Å². The van der Waals surface area contributed by atoms with Gasteiger partial charge in [-0.05, 0) is 6.07 Å². The van der Waals surface area contributed by atoms with Crippen molar-refractivity contribution in [2.45, 2.75) is 5.50 Å². The number of aliphatic imine (C=N–C) groups is 1. The summed E-state index contributed by atoms with van der Waals surface area (Å²) in [5.74, 6) is 0.940. The van der Waals surface area contributed by atoms with Gasteiger partial charge < -0.3 is 10.3 Å². The molecule has 52 valence electrons. The number of halogens is 1. The predicted molar refractivity (Wildman–Crippen MR) is 41.5 cm³/mol. The van der Waals surface area contributed by atoms with E-state index >= 15 is 0 Å². The van der Waals surface area contributed by atoms with Gasteiger partial charge in [0.05, 0.1) is 6.34 Å². The number of H-pyrrole nitrogens is 1. The van der Waals surface area contributed by atoms with Gasteiger partial charge in [-0.25, -0.2) is 0 Å². The summed E-state index contributed by atoms with van der Waals surface area (Å²) in [6, 6.07) is 1.91. The Balaban J connectivity index is 2.48. The van der Waals surface area contributed by atoms with E-state index in [1.54, 1.807) is 6.34 Å². The molecule has 0 fully saturated rings. The average molecular weight is 156 g/mol. The zero-order chi connectivity index (χ0) is 6.97. The lowest BCUT2D eigenvalue weighted by Crippen LogP contribution is -2.05. The second-order valence-electron chi connectivity index (χ2n) is 2.07. The van der Waals surface area contributed by atoms with Crippen LogP contribution in [0.15, 0.2) is 17.3 Å². The van der Waals surface area contributed by atoms with Crippen molar-refractivity contribution in [3.63, 3.8) is 0 Å². The van der Waals surface area contributed by atoms with Crippen LogP contribution in [-0.4, -0.2) is 11.3 Å². The minimum absolute atomic E-state index is 0.234. The Kier molecular flexibility index (Phi) is 1.17. The van der Waals surface area contributed by atoms with Crippen LogP contribution < -0.4 is 5.32 Å². The third-order valence-electron chi connectivity index (χ3n) is 1.45. The predicted octanol–water partition coefficient (Wildman–Crippen LogP) is 1.71. The zero-order valence-corrected chi connectivity index (χ0v) is 5.89. The molecular weight excluding hydrogens is 150 g/mol. The van der Waals surface area contributed by atoms with Gasteiger partial charge in [-0.1, -0.05) is 11.6 Å². The Hall–Kier alpha value is -0.960. The van der Waals surface area contributed by atoms with Crippen LogP contribution in [0.3, 0.4) is 0 Å². The molecule has 4 heteroatoms. The molecule has 0 saturated heterocycles. The molecule has 1 unspecified atom stereocenters. The average Bonchev–Trinajstić information content (AvgIpc) is 2.36. The van der Waals surface area contributed by atoms with Crippen molar-refractivity contribution in [1.29, 1.82) is 0 Å². The molecule has 2 heterocycles. The van der Waals surface area contributed by atoms with E-state index in [1.807, 2.05) is 12.3 Å². The molecule has 1 aliphatic heterocycles. The molecule has 0 aliphatic carbocycles. The first kappa shape index (κ1) is 5.80. The maximum absolute atomic E-state index is 5.83. The summed E-state index contributed by atoms with van der Waals surface area (Å²) in [4.78, 5) is 6.95. The summed E-state index contributed by atoms with van der Waals surface area (Å²) in [7, 11) is 0. The maximum Gasteiger partial charge on any atom is 0.154 e. The molecule has 0 saturated carbocycles. The van der Waals surface area contributed by atoms with Crippen molar-refractivity contribution in [2.75, 3.05) is 5.32 Å². The molecule has 0 spiro atoms. The number of aromatic amines is 1. The molecule has 1 aliphatic rings. The van der Waals surface area contributed by atoms with Gasteiger partial charge in [0.1, 0.15) is 5.82 Å². The second kappa shape index (κ2) is 2.02. The van der Waals surface area contributed by atoms with Gasteiger partial charge in [-0.3, -0.25) is 4.99 Å². The van der Waals surface area contributed by atoms with Crippen molar-refractivity contribution in [2.24, 2.45) is 4.99 Å². The van der Waals surface area contributed by atoms with Crippen molar-refractivity contribution >= 4 is 23.8 Å². The molecule has 2 rings (SSSR count). The summed E-state index contributed by atoms with van der Waals surface area (Å²) >= 11 is 5.83. The minimum Gasteiger partial charge on any atom is -0.348 e. The highest BCUT2D eigenvalue weighted by Crippen LogP contribution is 2.29. The van der Waals surface area contributed by atoms with Crippen LogP contribution in [0.25, 0.3) is 0 Å². The Labute approximate surface area is 63.1 Å². The summed E-state index contributed by atoms with van der Waals surface area (Å²) in [5, 5.41) is 2.94. The highest BCUT2D eigenvalue weighted by molar-refractivity contribution is 6.22. The monoisotopic (exact) mass is 155 g/mol. The van der Waals surface area contributed by atoms with Crippen LogP contribution in [-0.2, 0) is 0 Å². The second-order valence-corrected chi connectivity index (χ2v) is 2.48. The van der Waals surface area contributed by atoms with Gasteiger partial charge >= 0.3 is 0 Å². The van der Waals surface area contributed by atoms with Crippen molar-refractivity contribution in [1.82, 2.24) is 4.98 Å². The molecule has 0 bridgehead atoms. The largest absolute Gasteiger partial charge is 0.348 e. The van der Waals surface area contributed by atoms with Gasteiger partial charge in [-0.15, -0.1) is 0 Å². The van der Waals surface area contributed by atoms with E-state index in [0.717, 1.165) is 11.4 Å². The molecule has 0 amide bonds. The van der Waals surface area contributed by atoms with Crippen LogP contribution in [0.1, 0.15) is 11.1 Å². The fraction of sp³-hybridized carbons (Fsp3) is 0.167. The third kappa shape index (κ3) is 0.708. The standard InChI is InChI=1S/C6H6ClN3/c7-5-4-1-2-8-6(4)10-3-9-5/h1-3,5,8H,(H,9,10). The van der Waals surface area contributed by atoms with Crippen molar-refractivity contribution in [3.05, 3.63) is 17.8 Å². The van der Waals surface area contributed by atoms with E-state index in [1.165, 1.54) is 0 Å². The highest BCUT2D eigenvalue weighted by atomic mass is 35.5. The molecule has 1 aromatic heterocycles. The van der Waals surface area contributed by atoms with Gasteiger partial charge in [0.15, 0.2) is 5.50 Å². The number of anilines is 1. The van der Waals surface area contributed by atoms with Crippen LogP contribution >= 0.6 is 11.6 Å². The van der Waals surface area contributed by atoms with Crippen LogP contribution in [0, 0.1) is 0 Å². The SMILES string of the molecule is ClC1N=CNc2[nH]ccc21. The first-order valence-corrected chi connectivity index (χ1v) is 3.41. The molecule has 1 aromatic rings. The summed E-state index contributed by atoms with van der Waals surface area (Å²) < 4.78 is 0. The number of nitrogens with one attached hydrogen (secondary N) is 2. The van der Waals surface area contributed by atoms with Crippen LogP contribution in [0.2, 0.25) is 0 Å². The first-order valence-electron chi connectivity index (χ1n) is 2.97. The Morgan fingerprint density at radius 1 is 1.60 bits per heavy atom. The number of alkyl halides is 1. The van der Waals surface area contributed by atoms with E-state index in [0.29, 0.717) is 0 Å². The summed E-state index contributed by atoms with van der Waals surface area (Å²) in [6.45, 7) is 0. The fourth-order valence-electron chi connectivity index (χ4n) is 0.953. The number of nitrogens with zero attached hydrogens (tertiary/aromatic N) is 1. The molecule has 1 atom stereocenters. The molecule has 2 N–H and O–H groups in total. The quantitative estimate of drug-likeness (QED) is 0.435. The first-order chi connectivity index (χ1) is 4.88. The lowest BCUT2D eigenvalue weighted by molar-refractivity contribution is 1.01. The maximum atomic E-state index is 5.83. The lowest BCUT2D eigenvalue weighted by atomic mass is 10.3. The summed E-state index contributed by atoms with van der Waals surface area (Å²) in [5.41, 5.74) is 0.770. The van der Waals surface area contributed by atoms with Gasteiger partial charge in [0.2, 0.25) is 0 Å². The Morgan fingerprint density at radius 3 is 3.30 bits per heavy atom. The minimum atomic E-state index is -0.234. The Morgan fingerprint density at radius 2 is 2.50 bits per heavy atom. The number of hydrogen-bond acceptors (Lipinski definition) is 2. The van der Waals surface area contributed by atoms with E-state index in [2.05, 4.69) is 15.3 Å². The van der Waals surface area contributed by atoms with Gasteiger partial charge in [0.25, 0.3) is 0 Å². The topological polar surface area (TPSA) is 40.2 Å². The van der Waals surface area contributed by atoms with E-state index in [9.17, 15) is 0 Å². The van der Waals surface area contributed by atoms with Crippen molar-refractivity contribution < 1.29 is 0 Å². The molecule has 10 heavy (non-hydrogen) atoms. The Bertz CT molecular complexity index is 266. The number of rotatable bonds is 0. The molecule has 3 nitrogen and oxygen atoms in total. The van der Waals surface area contributed by atoms with E-state index in [-0.39, 0.29) is 5.50 Å². The summed E-state index contributed by atoms with van der Waals surface area (Å²) in [6.07, 6.45) is 3.43. The van der Waals surface area contributed by atoms with E-state index < -0.39 is 0 Å². The van der Waals surface area contributed by atoms with Crippen LogP contribution in [0.5, 0.6) is 0 Å². The van der Waals surface area contributed by atoms with Crippen LogP contribution in [0.4, 0.5) is 5.82 Å². The van der Waals surface area contributed by atoms with Gasteiger partial charge in [-0.2, -0.15) is 0 Å². The molecule has 0 aromatic carbocycles. The number of aromatic nitrogens is 1. The normalized spacial score (nSPS) is 21.9. The smallest absolute Gasteiger partial charge is 0.154 e. The fourth-order valence-corrected chi connectivity index (χ4v) is 1.19. The zero-order valence-electron chi connectivity index (χ0n) is 5.13.